The minimum absolute atomic E-state index is 0.168. The molecule has 0 aliphatic heterocycles. The van der Waals surface area contributed by atoms with E-state index in [4.69, 9.17) is 22.4 Å². The first-order valence-electron chi connectivity index (χ1n) is 6.05. The third kappa shape index (κ3) is 5.61. The molecule has 5 nitrogen and oxygen atoms in total. The maximum absolute atomic E-state index is 11.7. The first kappa shape index (κ1) is 15.3. The van der Waals surface area contributed by atoms with Gasteiger partial charge >= 0.3 is 5.97 Å². The number of carbonyl (C=O) groups is 2. The largest absolute Gasteiger partial charge is 0.481 e. The van der Waals surface area contributed by atoms with Gasteiger partial charge in [0.25, 0.3) is 5.91 Å². The van der Waals surface area contributed by atoms with Crippen LogP contribution in [-0.2, 0) is 4.79 Å². The summed E-state index contributed by atoms with van der Waals surface area (Å²) in [5.41, 5.74) is 6.46. The standard InChI is InChI=1S/C13H17ClN2O3/c14-10-8-9(5-6-11(10)15)13(19)16-7-3-1-2-4-12(17)18/h5-6,8H,1-4,7,15H2,(H,16,19)(H,17,18). The number of carboxylic acid groups (broad SMARTS) is 1. The van der Waals surface area contributed by atoms with Crippen LogP contribution in [0.1, 0.15) is 36.0 Å². The molecule has 1 amide bonds. The van der Waals surface area contributed by atoms with Crippen molar-refractivity contribution in [3.05, 3.63) is 28.8 Å². The zero-order chi connectivity index (χ0) is 14.3. The molecule has 0 fully saturated rings. The van der Waals surface area contributed by atoms with Crippen LogP contribution >= 0.6 is 11.6 Å². The van der Waals surface area contributed by atoms with Gasteiger partial charge in [0.05, 0.1) is 10.7 Å². The summed E-state index contributed by atoms with van der Waals surface area (Å²) in [5, 5.41) is 11.6. The lowest BCUT2D eigenvalue weighted by Crippen LogP contribution is -2.24. The third-order valence-electron chi connectivity index (χ3n) is 2.62. The number of nitrogen functional groups attached to an aromatic ring is 1. The van der Waals surface area contributed by atoms with Gasteiger partial charge in [-0.3, -0.25) is 9.59 Å². The molecule has 104 valence electrons. The molecule has 0 unspecified atom stereocenters. The Hall–Kier alpha value is -1.75. The molecule has 0 aliphatic carbocycles. The highest BCUT2D eigenvalue weighted by atomic mass is 35.5. The number of anilines is 1. The van der Waals surface area contributed by atoms with E-state index in [1.807, 2.05) is 0 Å². The van der Waals surface area contributed by atoms with Crippen molar-refractivity contribution in [3.63, 3.8) is 0 Å². The molecule has 0 aliphatic rings. The van der Waals surface area contributed by atoms with Crippen molar-refractivity contribution in [1.82, 2.24) is 5.32 Å². The molecule has 0 spiro atoms. The van der Waals surface area contributed by atoms with Gasteiger partial charge in [0.2, 0.25) is 0 Å². The highest BCUT2D eigenvalue weighted by Crippen LogP contribution is 2.19. The van der Waals surface area contributed by atoms with E-state index < -0.39 is 5.97 Å². The molecule has 0 radical (unpaired) electrons. The SMILES string of the molecule is Nc1ccc(C(=O)NCCCCCC(=O)O)cc1Cl. The van der Waals surface area contributed by atoms with Crippen LogP contribution in [0.15, 0.2) is 18.2 Å². The Labute approximate surface area is 116 Å². The maximum Gasteiger partial charge on any atom is 0.303 e. The summed E-state index contributed by atoms with van der Waals surface area (Å²) in [6.45, 7) is 0.514. The van der Waals surface area contributed by atoms with Crippen LogP contribution in [0.2, 0.25) is 5.02 Å². The van der Waals surface area contributed by atoms with Crippen LogP contribution in [0.5, 0.6) is 0 Å². The van der Waals surface area contributed by atoms with Crippen molar-refractivity contribution in [2.75, 3.05) is 12.3 Å². The van der Waals surface area contributed by atoms with Gasteiger partial charge in [-0.15, -0.1) is 0 Å². The highest BCUT2D eigenvalue weighted by molar-refractivity contribution is 6.33. The van der Waals surface area contributed by atoms with Crippen LogP contribution in [0.25, 0.3) is 0 Å². The van der Waals surface area contributed by atoms with Crippen molar-refractivity contribution in [2.45, 2.75) is 25.7 Å². The zero-order valence-corrected chi connectivity index (χ0v) is 11.2. The molecule has 4 N–H and O–H groups in total. The van der Waals surface area contributed by atoms with Crippen molar-refractivity contribution in [2.24, 2.45) is 0 Å². The molecule has 1 aromatic rings. The second-order valence-electron chi connectivity index (χ2n) is 4.20. The average Bonchev–Trinajstić information content (AvgIpc) is 2.36. The lowest BCUT2D eigenvalue weighted by Gasteiger charge is -2.06. The quantitative estimate of drug-likeness (QED) is 0.529. The number of halogens is 1. The average molecular weight is 285 g/mol. The van der Waals surface area contributed by atoms with Crippen LogP contribution in [-0.4, -0.2) is 23.5 Å². The normalized spacial score (nSPS) is 10.2. The molecule has 0 heterocycles. The Bertz CT molecular complexity index is 463. The van der Waals surface area contributed by atoms with Gasteiger partial charge in [0.15, 0.2) is 0 Å². The van der Waals surface area contributed by atoms with E-state index in [2.05, 4.69) is 5.32 Å². The third-order valence-corrected chi connectivity index (χ3v) is 2.94. The number of hydrogen-bond acceptors (Lipinski definition) is 3. The second-order valence-corrected chi connectivity index (χ2v) is 4.60. The lowest BCUT2D eigenvalue weighted by atomic mass is 10.1. The Morgan fingerprint density at radius 2 is 2.00 bits per heavy atom. The van der Waals surface area contributed by atoms with E-state index in [9.17, 15) is 9.59 Å². The van der Waals surface area contributed by atoms with E-state index >= 15 is 0 Å². The van der Waals surface area contributed by atoms with Crippen molar-refractivity contribution in [3.8, 4) is 0 Å². The van der Waals surface area contributed by atoms with Crippen molar-refractivity contribution >= 4 is 29.2 Å². The summed E-state index contributed by atoms with van der Waals surface area (Å²) >= 11 is 5.83. The van der Waals surface area contributed by atoms with Gasteiger partial charge in [-0.05, 0) is 31.0 Å². The molecular weight excluding hydrogens is 268 g/mol. The Balaban J connectivity index is 2.27. The minimum Gasteiger partial charge on any atom is -0.481 e. The lowest BCUT2D eigenvalue weighted by molar-refractivity contribution is -0.137. The second kappa shape index (κ2) is 7.63. The maximum atomic E-state index is 11.7. The first-order chi connectivity index (χ1) is 9.00. The Morgan fingerprint density at radius 3 is 2.63 bits per heavy atom. The van der Waals surface area contributed by atoms with Crippen LogP contribution < -0.4 is 11.1 Å². The monoisotopic (exact) mass is 284 g/mol. The first-order valence-corrected chi connectivity index (χ1v) is 6.43. The molecule has 0 saturated carbocycles. The topological polar surface area (TPSA) is 92.4 Å². The number of carbonyl (C=O) groups excluding carboxylic acids is 1. The minimum atomic E-state index is -0.791. The number of amides is 1. The fourth-order valence-electron chi connectivity index (χ4n) is 1.55. The molecule has 19 heavy (non-hydrogen) atoms. The fourth-order valence-corrected chi connectivity index (χ4v) is 1.73. The fraction of sp³-hybridized carbons (Fsp3) is 0.385. The van der Waals surface area contributed by atoms with Gasteiger partial charge in [-0.2, -0.15) is 0 Å². The molecule has 0 saturated heterocycles. The van der Waals surface area contributed by atoms with Gasteiger partial charge in [-0.25, -0.2) is 0 Å². The number of nitrogens with one attached hydrogen (secondary N) is 1. The van der Waals surface area contributed by atoms with Gasteiger partial charge < -0.3 is 16.2 Å². The van der Waals surface area contributed by atoms with Gasteiger partial charge in [-0.1, -0.05) is 18.0 Å². The van der Waals surface area contributed by atoms with Crippen LogP contribution in [0, 0.1) is 0 Å². The summed E-state index contributed by atoms with van der Waals surface area (Å²) in [7, 11) is 0. The highest BCUT2D eigenvalue weighted by Gasteiger charge is 2.06. The van der Waals surface area contributed by atoms with E-state index in [-0.39, 0.29) is 12.3 Å². The molecular formula is C13H17ClN2O3. The van der Waals surface area contributed by atoms with Crippen molar-refractivity contribution < 1.29 is 14.7 Å². The van der Waals surface area contributed by atoms with Crippen LogP contribution in [0.4, 0.5) is 5.69 Å². The predicted octanol–water partition coefficient (Wildman–Crippen LogP) is 2.30. The Morgan fingerprint density at radius 1 is 1.26 bits per heavy atom. The zero-order valence-electron chi connectivity index (χ0n) is 10.5. The van der Waals surface area contributed by atoms with E-state index in [1.165, 1.54) is 6.07 Å². The molecule has 0 atom stereocenters. The number of hydrogen-bond donors (Lipinski definition) is 3. The number of rotatable bonds is 7. The summed E-state index contributed by atoms with van der Waals surface area (Å²) < 4.78 is 0. The smallest absolute Gasteiger partial charge is 0.303 e. The molecule has 0 bridgehead atoms. The molecule has 1 aromatic carbocycles. The number of carboxylic acids is 1. The summed E-state index contributed by atoms with van der Waals surface area (Å²) in [6, 6.07) is 4.72. The summed E-state index contributed by atoms with van der Waals surface area (Å²) in [5.74, 6) is -0.999. The number of aliphatic carboxylic acids is 1. The molecule has 1 rings (SSSR count). The van der Waals surface area contributed by atoms with Crippen LogP contribution in [0.3, 0.4) is 0 Å². The number of unbranched alkanes of at least 4 members (excludes halogenated alkanes) is 2. The number of nitrogens with two attached hydrogens (primary N) is 1. The summed E-state index contributed by atoms with van der Waals surface area (Å²) in [6.07, 6.45) is 2.32. The van der Waals surface area contributed by atoms with Crippen molar-refractivity contribution in [1.29, 1.82) is 0 Å². The van der Waals surface area contributed by atoms with Gasteiger partial charge in [0, 0.05) is 18.5 Å². The van der Waals surface area contributed by atoms with E-state index in [1.54, 1.807) is 12.1 Å². The summed E-state index contributed by atoms with van der Waals surface area (Å²) in [4.78, 5) is 22.0. The number of benzene rings is 1. The van der Waals surface area contributed by atoms with E-state index in [0.717, 1.165) is 12.8 Å². The molecule has 6 heteroatoms. The van der Waals surface area contributed by atoms with Gasteiger partial charge in [0.1, 0.15) is 0 Å². The molecule has 0 aromatic heterocycles. The Kier molecular flexibility index (Phi) is 6.15. The predicted molar refractivity (Wildman–Crippen MR) is 74.3 cm³/mol. The van der Waals surface area contributed by atoms with E-state index in [0.29, 0.717) is 29.2 Å².